The zero-order valence-corrected chi connectivity index (χ0v) is 17.9. The predicted molar refractivity (Wildman–Crippen MR) is 118 cm³/mol. The van der Waals surface area contributed by atoms with Crippen molar-refractivity contribution in [3.63, 3.8) is 0 Å². The van der Waals surface area contributed by atoms with E-state index in [4.69, 9.17) is 11.6 Å². The average molecular weight is 419 g/mol. The van der Waals surface area contributed by atoms with Crippen molar-refractivity contribution in [1.29, 1.82) is 0 Å². The summed E-state index contributed by atoms with van der Waals surface area (Å²) < 4.78 is 0. The SMILES string of the molecule is Cc1cc(Cl)c(N=O)cc1Nc1nc(N[C@H]2CCNC2)nc(N(C)CC(C)C)n1. The number of halogens is 1. The molecule has 2 heterocycles. The number of nitrogens with one attached hydrogen (secondary N) is 3. The second kappa shape index (κ2) is 9.32. The van der Waals surface area contributed by atoms with Crippen LogP contribution in [0.5, 0.6) is 0 Å². The van der Waals surface area contributed by atoms with Crippen molar-refractivity contribution < 1.29 is 0 Å². The minimum Gasteiger partial charge on any atom is -0.350 e. The molecule has 0 bridgehead atoms. The van der Waals surface area contributed by atoms with E-state index in [1.807, 2.05) is 18.9 Å². The highest BCUT2D eigenvalue weighted by Gasteiger charge is 2.18. The lowest BCUT2D eigenvalue weighted by atomic mass is 10.2. The molecule has 1 saturated heterocycles. The Hall–Kier alpha value is -2.52. The number of hydrogen-bond donors (Lipinski definition) is 3. The van der Waals surface area contributed by atoms with Gasteiger partial charge in [-0.25, -0.2) is 0 Å². The molecule has 1 aliphatic rings. The molecule has 3 rings (SSSR count). The Morgan fingerprint density at radius 3 is 2.72 bits per heavy atom. The van der Waals surface area contributed by atoms with Crippen LogP contribution < -0.4 is 20.9 Å². The van der Waals surface area contributed by atoms with E-state index in [0.717, 1.165) is 31.6 Å². The first kappa shape index (κ1) is 21.2. The van der Waals surface area contributed by atoms with Crippen molar-refractivity contribution in [3.8, 4) is 0 Å². The van der Waals surface area contributed by atoms with Crippen molar-refractivity contribution in [2.75, 3.05) is 42.2 Å². The smallest absolute Gasteiger partial charge is 0.233 e. The Morgan fingerprint density at radius 1 is 1.31 bits per heavy atom. The molecule has 9 nitrogen and oxygen atoms in total. The van der Waals surface area contributed by atoms with Crippen LogP contribution in [0.3, 0.4) is 0 Å². The van der Waals surface area contributed by atoms with Crippen LogP contribution in [0.1, 0.15) is 25.8 Å². The topological polar surface area (TPSA) is 107 Å². The van der Waals surface area contributed by atoms with Gasteiger partial charge < -0.3 is 20.9 Å². The third-order valence-electron chi connectivity index (χ3n) is 4.64. The van der Waals surface area contributed by atoms with E-state index in [9.17, 15) is 4.91 Å². The van der Waals surface area contributed by atoms with Gasteiger partial charge in [0.25, 0.3) is 0 Å². The van der Waals surface area contributed by atoms with Gasteiger partial charge >= 0.3 is 0 Å². The molecule has 0 unspecified atom stereocenters. The Morgan fingerprint density at radius 2 is 2.07 bits per heavy atom. The minimum atomic E-state index is 0.168. The van der Waals surface area contributed by atoms with Gasteiger partial charge in [0.05, 0.1) is 5.02 Å². The minimum absolute atomic E-state index is 0.168. The average Bonchev–Trinajstić information content (AvgIpc) is 3.16. The summed E-state index contributed by atoms with van der Waals surface area (Å²) in [5.41, 5.74) is 1.69. The molecule has 0 aliphatic carbocycles. The van der Waals surface area contributed by atoms with E-state index in [-0.39, 0.29) is 11.7 Å². The maximum Gasteiger partial charge on any atom is 0.233 e. The van der Waals surface area contributed by atoms with Gasteiger partial charge in [-0.15, -0.1) is 4.91 Å². The lowest BCUT2D eigenvalue weighted by Crippen LogP contribution is -2.27. The summed E-state index contributed by atoms with van der Waals surface area (Å²) in [6.45, 7) is 8.83. The van der Waals surface area contributed by atoms with E-state index >= 15 is 0 Å². The molecule has 1 aromatic heterocycles. The van der Waals surface area contributed by atoms with Gasteiger partial charge in [0.1, 0.15) is 5.69 Å². The first-order chi connectivity index (χ1) is 13.9. The fraction of sp³-hybridized carbons (Fsp3) is 0.526. The van der Waals surface area contributed by atoms with Crippen LogP contribution in [-0.4, -0.2) is 47.7 Å². The Balaban J connectivity index is 1.92. The van der Waals surface area contributed by atoms with Gasteiger partial charge in [0.2, 0.25) is 17.8 Å². The molecule has 1 fully saturated rings. The molecule has 10 heteroatoms. The molecule has 0 radical (unpaired) electrons. The van der Waals surface area contributed by atoms with Gasteiger partial charge in [0.15, 0.2) is 0 Å². The molecule has 3 N–H and O–H groups in total. The summed E-state index contributed by atoms with van der Waals surface area (Å²) in [6, 6.07) is 3.56. The highest BCUT2D eigenvalue weighted by Crippen LogP contribution is 2.32. The van der Waals surface area contributed by atoms with E-state index in [0.29, 0.717) is 34.5 Å². The van der Waals surface area contributed by atoms with E-state index in [1.54, 1.807) is 12.1 Å². The highest BCUT2D eigenvalue weighted by molar-refractivity contribution is 6.33. The molecule has 29 heavy (non-hydrogen) atoms. The normalized spacial score (nSPS) is 16.1. The quantitative estimate of drug-likeness (QED) is 0.555. The van der Waals surface area contributed by atoms with Crippen LogP contribution >= 0.6 is 11.6 Å². The number of nitrogens with zero attached hydrogens (tertiary/aromatic N) is 5. The number of aromatic nitrogens is 3. The van der Waals surface area contributed by atoms with Gasteiger partial charge in [-0.2, -0.15) is 15.0 Å². The largest absolute Gasteiger partial charge is 0.350 e. The zero-order valence-electron chi connectivity index (χ0n) is 17.2. The van der Waals surface area contributed by atoms with E-state index in [2.05, 4.69) is 49.9 Å². The number of anilines is 4. The van der Waals surface area contributed by atoms with E-state index < -0.39 is 0 Å². The van der Waals surface area contributed by atoms with Gasteiger partial charge in [-0.05, 0) is 48.7 Å². The summed E-state index contributed by atoms with van der Waals surface area (Å²) in [5.74, 6) is 1.94. The molecule has 156 valence electrons. The van der Waals surface area contributed by atoms with Crippen LogP contribution in [0.2, 0.25) is 5.02 Å². The second-order valence-corrected chi connectivity index (χ2v) is 8.13. The fourth-order valence-electron chi connectivity index (χ4n) is 3.23. The number of aryl methyl sites for hydroxylation is 1. The van der Waals surface area contributed by atoms with Crippen LogP contribution in [0.25, 0.3) is 0 Å². The summed E-state index contributed by atoms with van der Waals surface area (Å²) >= 11 is 6.05. The Kier molecular flexibility index (Phi) is 6.81. The highest BCUT2D eigenvalue weighted by atomic mass is 35.5. The molecule has 1 atom stereocenters. The van der Waals surface area contributed by atoms with Crippen LogP contribution in [0, 0.1) is 17.7 Å². The molecular formula is C19H27ClN8O. The molecule has 0 amide bonds. The summed E-state index contributed by atoms with van der Waals surface area (Å²) in [5, 5.41) is 13.2. The monoisotopic (exact) mass is 418 g/mol. The summed E-state index contributed by atoms with van der Waals surface area (Å²) in [4.78, 5) is 26.7. The van der Waals surface area contributed by atoms with Crippen molar-refractivity contribution in [2.24, 2.45) is 11.1 Å². The maximum atomic E-state index is 11.0. The maximum absolute atomic E-state index is 11.0. The van der Waals surface area contributed by atoms with Gasteiger partial charge in [-0.3, -0.25) is 0 Å². The third-order valence-corrected chi connectivity index (χ3v) is 4.94. The Bertz CT molecular complexity index is 870. The van der Waals surface area contributed by atoms with Gasteiger partial charge in [-0.1, -0.05) is 25.4 Å². The molecule has 1 aromatic carbocycles. The lowest BCUT2D eigenvalue weighted by molar-refractivity contribution is 0.629. The molecule has 2 aromatic rings. The fourth-order valence-corrected chi connectivity index (χ4v) is 3.48. The van der Waals surface area contributed by atoms with Crippen molar-refractivity contribution in [1.82, 2.24) is 20.3 Å². The molecule has 1 aliphatic heterocycles. The number of nitroso groups, excluding NO2 is 1. The molecule has 0 spiro atoms. The standard InChI is InChI=1S/C19H27ClN8O/c1-11(2)10-28(4)19-25-17(22-13-5-6-21-9-13)24-18(26-19)23-15-8-16(27-29)14(20)7-12(15)3/h7-8,11,13,21H,5-6,9-10H2,1-4H3,(H2,22,23,24,25,26)/t13-/m0/s1. The van der Waals surface area contributed by atoms with Gasteiger partial charge in [0, 0.05) is 31.9 Å². The summed E-state index contributed by atoms with van der Waals surface area (Å²) in [7, 11) is 1.96. The zero-order chi connectivity index (χ0) is 21.0. The number of rotatable bonds is 8. The van der Waals surface area contributed by atoms with Crippen molar-refractivity contribution >= 4 is 40.8 Å². The molecular weight excluding hydrogens is 392 g/mol. The van der Waals surface area contributed by atoms with Crippen molar-refractivity contribution in [3.05, 3.63) is 27.6 Å². The second-order valence-electron chi connectivity index (χ2n) is 7.73. The summed E-state index contributed by atoms with van der Waals surface area (Å²) in [6.07, 6.45) is 1.01. The van der Waals surface area contributed by atoms with E-state index in [1.165, 1.54) is 0 Å². The predicted octanol–water partition coefficient (Wildman–Crippen LogP) is 3.84. The molecule has 0 saturated carbocycles. The van der Waals surface area contributed by atoms with Crippen LogP contribution in [0.4, 0.5) is 29.2 Å². The number of hydrogen-bond acceptors (Lipinski definition) is 9. The van der Waals surface area contributed by atoms with Crippen molar-refractivity contribution in [2.45, 2.75) is 33.2 Å². The first-order valence-corrected chi connectivity index (χ1v) is 10.1. The number of benzene rings is 1. The Labute approximate surface area is 175 Å². The lowest BCUT2D eigenvalue weighted by Gasteiger charge is -2.21. The first-order valence-electron chi connectivity index (χ1n) is 9.70. The van der Waals surface area contributed by atoms with Crippen LogP contribution in [0.15, 0.2) is 17.3 Å². The third kappa shape index (κ3) is 5.51. The van der Waals surface area contributed by atoms with Crippen LogP contribution in [-0.2, 0) is 0 Å².